The van der Waals surface area contributed by atoms with Crippen molar-refractivity contribution in [1.82, 2.24) is 0 Å². The second-order valence-electron chi connectivity index (χ2n) is 9.67. The minimum Gasteiger partial charge on any atom is -0.462 e. The molecule has 1 heterocycles. The molecule has 2 aliphatic carbocycles. The van der Waals surface area contributed by atoms with Crippen LogP contribution in [0.5, 0.6) is 0 Å². The Kier molecular flexibility index (Phi) is 5.61. The molecule has 4 unspecified atom stereocenters. The molecule has 4 atom stereocenters. The van der Waals surface area contributed by atoms with Crippen molar-refractivity contribution in [1.29, 1.82) is 0 Å². The predicted molar refractivity (Wildman–Crippen MR) is 102 cm³/mol. The van der Waals surface area contributed by atoms with Gasteiger partial charge >= 0.3 is 17.9 Å². The smallest absolute Gasteiger partial charge is 0.333 e. The summed E-state index contributed by atoms with van der Waals surface area (Å²) in [4.78, 5) is 37.2. The average Bonchev–Trinajstić information content (AvgIpc) is 3.20. The minimum atomic E-state index is -0.542. The summed E-state index contributed by atoms with van der Waals surface area (Å²) >= 11 is 0. The molecule has 1 aliphatic heterocycles. The van der Waals surface area contributed by atoms with Crippen molar-refractivity contribution >= 4 is 17.9 Å². The van der Waals surface area contributed by atoms with Crippen molar-refractivity contribution in [3.05, 3.63) is 12.2 Å². The van der Waals surface area contributed by atoms with E-state index in [-0.39, 0.29) is 36.0 Å². The van der Waals surface area contributed by atoms with E-state index in [1.54, 1.807) is 6.92 Å². The molecule has 0 N–H and O–H groups in total. The summed E-state index contributed by atoms with van der Waals surface area (Å²) < 4.78 is 16.9. The summed E-state index contributed by atoms with van der Waals surface area (Å²) in [5.41, 5.74) is -0.324. The van der Waals surface area contributed by atoms with Crippen LogP contribution in [0.3, 0.4) is 0 Å². The van der Waals surface area contributed by atoms with E-state index in [9.17, 15) is 14.4 Å². The highest BCUT2D eigenvalue weighted by atomic mass is 16.6. The maximum absolute atomic E-state index is 13.2. The maximum atomic E-state index is 13.2. The molecule has 0 amide bonds. The van der Waals surface area contributed by atoms with Crippen LogP contribution in [0.15, 0.2) is 12.2 Å². The topological polar surface area (TPSA) is 78.9 Å². The zero-order chi connectivity index (χ0) is 20.7. The van der Waals surface area contributed by atoms with Gasteiger partial charge in [-0.05, 0) is 45.4 Å². The maximum Gasteiger partial charge on any atom is 0.333 e. The Morgan fingerprint density at radius 1 is 1.21 bits per heavy atom. The average molecular weight is 392 g/mol. The number of carbonyl (C=O) groups excluding carboxylic acids is 3. The zero-order valence-electron chi connectivity index (χ0n) is 17.4. The molecule has 0 radical (unpaired) electrons. The molecule has 6 nitrogen and oxygen atoms in total. The van der Waals surface area contributed by atoms with E-state index in [1.807, 2.05) is 0 Å². The Balaban J connectivity index is 1.72. The van der Waals surface area contributed by atoms with Crippen LogP contribution in [-0.4, -0.2) is 36.2 Å². The number of esters is 3. The molecule has 6 heteroatoms. The van der Waals surface area contributed by atoms with Gasteiger partial charge in [0.05, 0.1) is 18.4 Å². The van der Waals surface area contributed by atoms with E-state index in [0.717, 1.165) is 25.7 Å². The Morgan fingerprint density at radius 2 is 1.86 bits per heavy atom. The van der Waals surface area contributed by atoms with Crippen LogP contribution < -0.4 is 0 Å². The predicted octanol–water partition coefficient (Wildman–Crippen LogP) is 3.58. The number of carbonyl (C=O) groups is 3. The van der Waals surface area contributed by atoms with Crippen LogP contribution in [-0.2, 0) is 28.6 Å². The van der Waals surface area contributed by atoms with Crippen molar-refractivity contribution in [2.45, 2.75) is 77.9 Å². The van der Waals surface area contributed by atoms with Crippen molar-refractivity contribution in [2.75, 3.05) is 6.61 Å². The zero-order valence-corrected chi connectivity index (χ0v) is 17.4. The summed E-state index contributed by atoms with van der Waals surface area (Å²) in [7, 11) is 0. The van der Waals surface area contributed by atoms with E-state index in [2.05, 4.69) is 27.4 Å². The van der Waals surface area contributed by atoms with Gasteiger partial charge in [0, 0.05) is 16.9 Å². The Morgan fingerprint density at radius 3 is 2.43 bits per heavy atom. The number of hydrogen-bond acceptors (Lipinski definition) is 6. The van der Waals surface area contributed by atoms with Crippen LogP contribution in [0.4, 0.5) is 0 Å². The summed E-state index contributed by atoms with van der Waals surface area (Å²) in [6, 6.07) is 0. The summed E-state index contributed by atoms with van der Waals surface area (Å²) in [6.45, 7) is 11.6. The van der Waals surface area contributed by atoms with Crippen LogP contribution >= 0.6 is 0 Å². The molecule has 2 saturated carbocycles. The molecular weight excluding hydrogens is 360 g/mol. The number of ether oxygens (including phenoxy) is 3. The van der Waals surface area contributed by atoms with Gasteiger partial charge in [0.2, 0.25) is 0 Å². The van der Waals surface area contributed by atoms with Crippen molar-refractivity contribution in [3.63, 3.8) is 0 Å². The van der Waals surface area contributed by atoms with E-state index in [1.165, 1.54) is 0 Å². The fraction of sp³-hybridized carbons (Fsp3) is 0.773. The van der Waals surface area contributed by atoms with Crippen LogP contribution in [0.25, 0.3) is 0 Å². The van der Waals surface area contributed by atoms with Crippen LogP contribution in [0, 0.1) is 23.2 Å². The first kappa shape index (κ1) is 20.9. The fourth-order valence-corrected chi connectivity index (χ4v) is 4.85. The molecule has 0 spiro atoms. The Labute approximate surface area is 167 Å². The van der Waals surface area contributed by atoms with E-state index < -0.39 is 23.4 Å². The lowest BCUT2D eigenvalue weighted by atomic mass is 9.73. The van der Waals surface area contributed by atoms with Crippen molar-refractivity contribution in [3.8, 4) is 0 Å². The summed E-state index contributed by atoms with van der Waals surface area (Å²) in [5.74, 6) is -2.31. The molecule has 0 aromatic rings. The van der Waals surface area contributed by atoms with Gasteiger partial charge in [-0.3, -0.25) is 9.59 Å². The molecule has 3 fully saturated rings. The second-order valence-corrected chi connectivity index (χ2v) is 9.67. The molecular formula is C22H32O6. The van der Waals surface area contributed by atoms with Gasteiger partial charge in [-0.2, -0.15) is 0 Å². The largest absolute Gasteiger partial charge is 0.462 e. The highest BCUT2D eigenvalue weighted by molar-refractivity contribution is 5.87. The van der Waals surface area contributed by atoms with Crippen molar-refractivity contribution < 1.29 is 28.6 Å². The normalized spacial score (nSPS) is 31.2. The van der Waals surface area contributed by atoms with Crippen LogP contribution in [0.2, 0.25) is 0 Å². The summed E-state index contributed by atoms with van der Waals surface area (Å²) in [6.07, 6.45) is 4.41. The van der Waals surface area contributed by atoms with Crippen LogP contribution in [0.1, 0.15) is 66.2 Å². The standard InChI is InChI=1S/C22H32O6/c1-13(2)18(23)26-12-14-10-15(16-11-17(14)27-19(16)24)20(25)28-22(21(3,4)5)8-6-7-9-22/h14-17H,1,6-12H2,2-5H3. The Hall–Kier alpha value is -1.85. The number of rotatable bonds is 5. The highest BCUT2D eigenvalue weighted by Crippen LogP contribution is 2.49. The van der Waals surface area contributed by atoms with Gasteiger partial charge in [-0.15, -0.1) is 0 Å². The second kappa shape index (κ2) is 7.53. The van der Waals surface area contributed by atoms with E-state index >= 15 is 0 Å². The first-order valence-electron chi connectivity index (χ1n) is 10.3. The van der Waals surface area contributed by atoms with Gasteiger partial charge in [0.25, 0.3) is 0 Å². The lowest BCUT2D eigenvalue weighted by Gasteiger charge is -2.42. The van der Waals surface area contributed by atoms with Gasteiger partial charge < -0.3 is 14.2 Å². The molecule has 156 valence electrons. The quantitative estimate of drug-likeness (QED) is 0.404. The lowest BCUT2D eigenvalue weighted by Crippen LogP contribution is -2.47. The minimum absolute atomic E-state index is 0.116. The third-order valence-corrected chi connectivity index (χ3v) is 6.78. The molecule has 3 rings (SSSR count). The SMILES string of the molecule is C=C(C)C(=O)OCC1CC(C(=O)OC2(C(C)(C)C)CCCC2)C2CC1OC2=O. The highest BCUT2D eigenvalue weighted by Gasteiger charge is 2.54. The Bertz CT molecular complexity index is 667. The molecule has 28 heavy (non-hydrogen) atoms. The first-order chi connectivity index (χ1) is 13.0. The molecule has 2 bridgehead atoms. The third-order valence-electron chi connectivity index (χ3n) is 6.78. The monoisotopic (exact) mass is 392 g/mol. The first-order valence-corrected chi connectivity index (χ1v) is 10.3. The number of fused-ring (bicyclic) bond motifs is 2. The molecule has 0 aromatic carbocycles. The van der Waals surface area contributed by atoms with Gasteiger partial charge in [0.1, 0.15) is 11.7 Å². The van der Waals surface area contributed by atoms with Gasteiger partial charge in [-0.25, -0.2) is 4.79 Å². The fourth-order valence-electron chi connectivity index (χ4n) is 4.85. The number of hydrogen-bond donors (Lipinski definition) is 0. The molecule has 1 saturated heterocycles. The van der Waals surface area contributed by atoms with E-state index in [0.29, 0.717) is 18.4 Å². The van der Waals surface area contributed by atoms with E-state index in [4.69, 9.17) is 14.2 Å². The molecule has 3 aliphatic rings. The van der Waals surface area contributed by atoms with Gasteiger partial charge in [-0.1, -0.05) is 27.4 Å². The molecule has 0 aromatic heterocycles. The van der Waals surface area contributed by atoms with Gasteiger partial charge in [0.15, 0.2) is 0 Å². The van der Waals surface area contributed by atoms with Crippen molar-refractivity contribution in [2.24, 2.45) is 23.2 Å². The summed E-state index contributed by atoms with van der Waals surface area (Å²) in [5, 5.41) is 0. The third kappa shape index (κ3) is 3.83. The lowest BCUT2D eigenvalue weighted by molar-refractivity contribution is -0.181.